The molecule has 0 saturated heterocycles. The number of nitrogens with zero attached hydrogens (tertiary/aromatic N) is 3. The van der Waals surface area contributed by atoms with Gasteiger partial charge in [-0.15, -0.1) is 10.2 Å². The number of hydrogen-bond acceptors (Lipinski definition) is 6. The van der Waals surface area contributed by atoms with E-state index >= 15 is 0 Å². The third-order valence-corrected chi connectivity index (χ3v) is 6.12. The molecule has 7 nitrogen and oxygen atoms in total. The van der Waals surface area contributed by atoms with Crippen LogP contribution in [0.15, 0.2) is 23.4 Å². The zero-order valence-corrected chi connectivity index (χ0v) is 16.4. The quantitative estimate of drug-likeness (QED) is 0.782. The summed E-state index contributed by atoms with van der Waals surface area (Å²) in [5, 5.41) is 12.1. The average Bonchev–Trinajstić information content (AvgIpc) is 3.28. The van der Waals surface area contributed by atoms with E-state index in [0.717, 1.165) is 23.8 Å². The molecule has 144 valence electrons. The molecule has 1 aliphatic carbocycles. The number of ether oxygens (including phenoxy) is 2. The highest BCUT2D eigenvalue weighted by atomic mass is 32.2. The van der Waals surface area contributed by atoms with Gasteiger partial charge in [-0.1, -0.05) is 31.0 Å². The fraction of sp³-hybridized carbons (Fsp3) is 0.526. The van der Waals surface area contributed by atoms with Gasteiger partial charge in [-0.2, -0.15) is 0 Å². The van der Waals surface area contributed by atoms with Crippen LogP contribution in [-0.4, -0.2) is 32.7 Å². The summed E-state index contributed by atoms with van der Waals surface area (Å²) in [6.45, 7) is 4.10. The molecular formula is C19H24N4O3S. The maximum Gasteiger partial charge on any atom is 0.237 e. The van der Waals surface area contributed by atoms with Gasteiger partial charge in [0, 0.05) is 17.8 Å². The van der Waals surface area contributed by atoms with Crippen LogP contribution in [0.25, 0.3) is 0 Å². The molecule has 1 aromatic heterocycles. The lowest BCUT2D eigenvalue weighted by molar-refractivity contribution is -0.115. The highest BCUT2D eigenvalue weighted by Crippen LogP contribution is 2.35. The monoisotopic (exact) mass is 388 g/mol. The van der Waals surface area contributed by atoms with Crippen LogP contribution >= 0.6 is 11.8 Å². The van der Waals surface area contributed by atoms with Gasteiger partial charge in [-0.3, -0.25) is 4.79 Å². The maximum absolute atomic E-state index is 12.6. The minimum absolute atomic E-state index is 0.0743. The summed E-state index contributed by atoms with van der Waals surface area (Å²) in [5.74, 6) is 2.20. The van der Waals surface area contributed by atoms with E-state index in [0.29, 0.717) is 23.2 Å². The summed E-state index contributed by atoms with van der Waals surface area (Å²) in [5.41, 5.74) is 0.696. The third kappa shape index (κ3) is 3.90. The van der Waals surface area contributed by atoms with E-state index in [1.54, 1.807) is 12.1 Å². The number of amides is 1. The van der Waals surface area contributed by atoms with Crippen LogP contribution in [-0.2, 0) is 4.79 Å². The zero-order valence-electron chi connectivity index (χ0n) is 15.6. The molecule has 1 N–H and O–H groups in total. The molecule has 1 aromatic carbocycles. The van der Waals surface area contributed by atoms with Crippen molar-refractivity contribution in [2.45, 2.75) is 62.4 Å². The molecule has 2 aliphatic rings. The van der Waals surface area contributed by atoms with Crippen molar-refractivity contribution in [3.8, 4) is 11.5 Å². The van der Waals surface area contributed by atoms with Gasteiger partial charge in [-0.05, 0) is 38.8 Å². The highest BCUT2D eigenvalue weighted by Gasteiger charge is 2.25. The standard InChI is InChI=1S/C19H24N4O3S/c1-12(18(24)20-14-8-9-16-17(10-14)26-11-25-16)27-19-22-21-13(2)23(19)15-6-4-3-5-7-15/h8-10,12,15H,3-7,11H2,1-2H3,(H,20,24)/t12-/m1/s1. The van der Waals surface area contributed by atoms with Crippen molar-refractivity contribution in [3.63, 3.8) is 0 Å². The second-order valence-electron chi connectivity index (χ2n) is 7.01. The molecule has 1 aliphatic heterocycles. The normalized spacial score (nSPS) is 17.7. The van der Waals surface area contributed by atoms with E-state index in [1.807, 2.05) is 19.9 Å². The molecule has 27 heavy (non-hydrogen) atoms. The molecule has 0 radical (unpaired) electrons. The molecule has 1 fully saturated rings. The third-order valence-electron chi connectivity index (χ3n) is 5.07. The molecule has 8 heteroatoms. The fourth-order valence-corrected chi connectivity index (χ4v) is 4.58. The van der Waals surface area contributed by atoms with Crippen LogP contribution in [0.5, 0.6) is 11.5 Å². The van der Waals surface area contributed by atoms with Crippen LogP contribution in [0.1, 0.15) is 50.9 Å². The molecule has 1 saturated carbocycles. The van der Waals surface area contributed by atoms with E-state index in [4.69, 9.17) is 9.47 Å². The van der Waals surface area contributed by atoms with Crippen molar-refractivity contribution in [2.24, 2.45) is 0 Å². The predicted octanol–water partition coefficient (Wildman–Crippen LogP) is 3.94. The number of hydrogen-bond donors (Lipinski definition) is 1. The van der Waals surface area contributed by atoms with E-state index in [1.165, 1.54) is 31.0 Å². The lowest BCUT2D eigenvalue weighted by Gasteiger charge is -2.25. The number of fused-ring (bicyclic) bond motifs is 1. The average molecular weight is 388 g/mol. The van der Waals surface area contributed by atoms with Gasteiger partial charge < -0.3 is 19.4 Å². The summed E-state index contributed by atoms with van der Waals surface area (Å²) in [6.07, 6.45) is 6.10. The summed E-state index contributed by atoms with van der Waals surface area (Å²) >= 11 is 1.46. The summed E-state index contributed by atoms with van der Waals surface area (Å²) in [7, 11) is 0. The van der Waals surface area contributed by atoms with E-state index < -0.39 is 0 Å². The van der Waals surface area contributed by atoms with Crippen molar-refractivity contribution >= 4 is 23.4 Å². The number of carbonyl (C=O) groups excluding carboxylic acids is 1. The van der Waals surface area contributed by atoms with Gasteiger partial charge >= 0.3 is 0 Å². The largest absolute Gasteiger partial charge is 0.454 e. The van der Waals surface area contributed by atoms with Crippen molar-refractivity contribution in [3.05, 3.63) is 24.0 Å². The first-order chi connectivity index (χ1) is 13.1. The first-order valence-electron chi connectivity index (χ1n) is 9.40. The Kier molecular flexibility index (Phi) is 5.24. The van der Waals surface area contributed by atoms with Crippen LogP contribution in [0.3, 0.4) is 0 Å². The molecule has 4 rings (SSSR count). The molecule has 1 atom stereocenters. The van der Waals surface area contributed by atoms with Gasteiger partial charge in [-0.25, -0.2) is 0 Å². The molecule has 0 spiro atoms. The Morgan fingerprint density at radius 2 is 2.00 bits per heavy atom. The Morgan fingerprint density at radius 1 is 1.22 bits per heavy atom. The van der Waals surface area contributed by atoms with Gasteiger partial charge in [0.1, 0.15) is 5.82 Å². The SMILES string of the molecule is Cc1nnc(S[C@H](C)C(=O)Nc2ccc3c(c2)OCO3)n1C1CCCCC1. The Labute approximate surface area is 162 Å². The summed E-state index contributed by atoms with van der Waals surface area (Å²) < 4.78 is 12.9. The minimum atomic E-state index is -0.290. The van der Waals surface area contributed by atoms with Crippen molar-refractivity contribution in [2.75, 3.05) is 12.1 Å². The first-order valence-corrected chi connectivity index (χ1v) is 10.3. The maximum atomic E-state index is 12.6. The number of rotatable bonds is 5. The number of aromatic nitrogens is 3. The molecule has 0 bridgehead atoms. The topological polar surface area (TPSA) is 78.3 Å². The minimum Gasteiger partial charge on any atom is -0.454 e. The van der Waals surface area contributed by atoms with Gasteiger partial charge in [0.2, 0.25) is 12.7 Å². The zero-order chi connectivity index (χ0) is 18.8. The number of thioether (sulfide) groups is 1. The first kappa shape index (κ1) is 18.2. The van der Waals surface area contributed by atoms with E-state index in [9.17, 15) is 4.79 Å². The van der Waals surface area contributed by atoms with Crippen molar-refractivity contribution < 1.29 is 14.3 Å². The number of aryl methyl sites for hydroxylation is 1. The Balaban J connectivity index is 1.43. The smallest absolute Gasteiger partial charge is 0.237 e. The Morgan fingerprint density at radius 3 is 2.81 bits per heavy atom. The van der Waals surface area contributed by atoms with Crippen LogP contribution in [0.4, 0.5) is 5.69 Å². The van der Waals surface area contributed by atoms with Crippen LogP contribution < -0.4 is 14.8 Å². The van der Waals surface area contributed by atoms with Crippen molar-refractivity contribution in [1.82, 2.24) is 14.8 Å². The lowest BCUT2D eigenvalue weighted by atomic mass is 9.95. The highest BCUT2D eigenvalue weighted by molar-refractivity contribution is 8.00. The van der Waals surface area contributed by atoms with Gasteiger partial charge in [0.05, 0.1) is 5.25 Å². The van der Waals surface area contributed by atoms with Gasteiger partial charge in [0.25, 0.3) is 0 Å². The Bertz CT molecular complexity index is 832. The second-order valence-corrected chi connectivity index (χ2v) is 8.32. The molecular weight excluding hydrogens is 364 g/mol. The van der Waals surface area contributed by atoms with E-state index in [-0.39, 0.29) is 18.0 Å². The predicted molar refractivity (Wildman–Crippen MR) is 103 cm³/mol. The Hall–Kier alpha value is -2.22. The number of anilines is 1. The number of benzene rings is 1. The summed E-state index contributed by atoms with van der Waals surface area (Å²) in [6, 6.07) is 5.85. The molecule has 1 amide bonds. The summed E-state index contributed by atoms with van der Waals surface area (Å²) in [4.78, 5) is 12.6. The van der Waals surface area contributed by atoms with Gasteiger partial charge in [0.15, 0.2) is 16.7 Å². The number of nitrogens with one attached hydrogen (secondary N) is 1. The molecule has 2 heterocycles. The van der Waals surface area contributed by atoms with E-state index in [2.05, 4.69) is 20.1 Å². The fourth-order valence-electron chi connectivity index (χ4n) is 3.62. The molecule has 0 unspecified atom stereocenters. The number of carbonyl (C=O) groups is 1. The second kappa shape index (κ2) is 7.80. The van der Waals surface area contributed by atoms with Crippen LogP contribution in [0.2, 0.25) is 0 Å². The van der Waals surface area contributed by atoms with Crippen molar-refractivity contribution in [1.29, 1.82) is 0 Å². The lowest BCUT2D eigenvalue weighted by Crippen LogP contribution is -2.23. The van der Waals surface area contributed by atoms with Crippen LogP contribution in [0, 0.1) is 6.92 Å². The molecule has 2 aromatic rings.